The first-order chi connectivity index (χ1) is 19.7. The average Bonchev–Trinajstić information content (AvgIpc) is 3.69. The SMILES string of the molecule is COc1ccc(CCN(Cc2cccs2)C(=O)CN(C[C@H]2CCCO2)S(=O)(=O)c2ccc([N+](=O)[O-])cc2)cc1OC. The fourth-order valence-corrected chi connectivity index (χ4v) is 6.73. The van der Waals surface area contributed by atoms with Crippen LogP contribution in [0.5, 0.6) is 11.5 Å². The zero-order valence-corrected chi connectivity index (χ0v) is 24.6. The molecule has 1 aromatic heterocycles. The molecular formula is C28H33N3O8S2. The van der Waals surface area contributed by atoms with Gasteiger partial charge in [0.1, 0.15) is 0 Å². The van der Waals surface area contributed by atoms with Crippen molar-refractivity contribution in [3.8, 4) is 11.5 Å². The summed E-state index contributed by atoms with van der Waals surface area (Å²) in [6.07, 6.45) is 1.66. The second-order valence-corrected chi connectivity index (χ2v) is 12.5. The third-order valence-corrected chi connectivity index (χ3v) is 9.51. The minimum absolute atomic E-state index is 0.00752. The van der Waals surface area contributed by atoms with E-state index in [0.29, 0.717) is 44.0 Å². The molecule has 41 heavy (non-hydrogen) atoms. The van der Waals surface area contributed by atoms with Gasteiger partial charge in [0.05, 0.1) is 43.2 Å². The fourth-order valence-electron chi connectivity index (χ4n) is 4.59. The van der Waals surface area contributed by atoms with E-state index < -0.39 is 21.5 Å². The van der Waals surface area contributed by atoms with Gasteiger partial charge in [-0.15, -0.1) is 11.3 Å². The van der Waals surface area contributed by atoms with Gasteiger partial charge in [0.25, 0.3) is 5.69 Å². The summed E-state index contributed by atoms with van der Waals surface area (Å²) in [7, 11) is -1.03. The number of benzene rings is 2. The zero-order chi connectivity index (χ0) is 29.4. The summed E-state index contributed by atoms with van der Waals surface area (Å²) in [6, 6.07) is 14.1. The van der Waals surface area contributed by atoms with Gasteiger partial charge in [-0.1, -0.05) is 12.1 Å². The zero-order valence-electron chi connectivity index (χ0n) is 22.9. The Kier molecular flexibility index (Phi) is 10.3. The van der Waals surface area contributed by atoms with Crippen LogP contribution in [0.4, 0.5) is 5.69 Å². The fraction of sp³-hybridized carbons (Fsp3) is 0.393. The molecule has 220 valence electrons. The Balaban J connectivity index is 1.57. The highest BCUT2D eigenvalue weighted by Crippen LogP contribution is 2.28. The van der Waals surface area contributed by atoms with Crippen LogP contribution in [0.3, 0.4) is 0 Å². The standard InChI is InChI=1S/C28H33N3O8S2/c1-37-26-12-7-21(17-27(26)38-2)13-14-29(19-24-6-4-16-40-24)28(32)20-30(18-23-5-3-15-39-23)41(35,36)25-10-8-22(9-11-25)31(33)34/h4,6-12,16-17,23H,3,5,13-15,18-20H2,1-2H3/t23-/m1/s1. The molecule has 1 saturated heterocycles. The maximum absolute atomic E-state index is 13.8. The van der Waals surface area contributed by atoms with Gasteiger partial charge < -0.3 is 19.1 Å². The summed E-state index contributed by atoms with van der Waals surface area (Å²) in [5.74, 6) is 0.824. The van der Waals surface area contributed by atoms with Gasteiger partial charge >= 0.3 is 0 Å². The third kappa shape index (κ3) is 7.82. The van der Waals surface area contributed by atoms with Gasteiger partial charge in [0.15, 0.2) is 11.5 Å². The minimum Gasteiger partial charge on any atom is -0.493 e. The number of non-ortho nitro benzene ring substituents is 1. The highest BCUT2D eigenvalue weighted by Gasteiger charge is 2.32. The lowest BCUT2D eigenvalue weighted by Gasteiger charge is -2.28. The van der Waals surface area contributed by atoms with Crippen LogP contribution in [0.25, 0.3) is 0 Å². The number of amides is 1. The van der Waals surface area contributed by atoms with Gasteiger partial charge in [-0.25, -0.2) is 8.42 Å². The van der Waals surface area contributed by atoms with Crippen LogP contribution in [-0.2, 0) is 32.5 Å². The first-order valence-corrected chi connectivity index (χ1v) is 15.4. The third-order valence-electron chi connectivity index (χ3n) is 6.83. The molecule has 4 rings (SSSR count). The Labute approximate surface area is 243 Å². The van der Waals surface area contributed by atoms with Gasteiger partial charge in [0.2, 0.25) is 15.9 Å². The van der Waals surface area contributed by atoms with Crippen LogP contribution in [-0.4, -0.2) is 75.0 Å². The molecule has 0 radical (unpaired) electrons. The Morgan fingerprint density at radius 1 is 1.12 bits per heavy atom. The number of nitrogens with zero attached hydrogens (tertiary/aromatic N) is 3. The van der Waals surface area contributed by atoms with Crippen LogP contribution >= 0.6 is 11.3 Å². The van der Waals surface area contributed by atoms with E-state index in [4.69, 9.17) is 14.2 Å². The molecule has 0 aliphatic carbocycles. The number of methoxy groups -OCH3 is 2. The minimum atomic E-state index is -4.15. The lowest BCUT2D eigenvalue weighted by Crippen LogP contribution is -2.45. The molecule has 2 aromatic carbocycles. The number of thiophene rings is 1. The number of rotatable bonds is 14. The van der Waals surface area contributed by atoms with Gasteiger partial charge in [0, 0.05) is 36.7 Å². The average molecular weight is 604 g/mol. The first-order valence-electron chi connectivity index (χ1n) is 13.1. The van der Waals surface area contributed by atoms with Crippen LogP contribution in [0.15, 0.2) is 64.9 Å². The Hall–Kier alpha value is -3.52. The predicted octanol–water partition coefficient (Wildman–Crippen LogP) is 4.11. The number of carbonyl (C=O) groups excluding carboxylic acids is 1. The first kappa shape index (κ1) is 30.4. The van der Waals surface area contributed by atoms with E-state index in [0.717, 1.165) is 33.3 Å². The molecule has 1 atom stereocenters. The van der Waals surface area contributed by atoms with Crippen molar-refractivity contribution in [3.05, 3.63) is 80.5 Å². The van der Waals surface area contributed by atoms with Gasteiger partial charge in [-0.2, -0.15) is 4.31 Å². The molecule has 0 spiro atoms. The normalized spacial score (nSPS) is 15.1. The second kappa shape index (κ2) is 13.9. The van der Waals surface area contributed by atoms with E-state index in [2.05, 4.69) is 0 Å². The van der Waals surface area contributed by atoms with Crippen molar-refractivity contribution >= 4 is 33.0 Å². The van der Waals surface area contributed by atoms with Crippen LogP contribution < -0.4 is 9.47 Å². The largest absolute Gasteiger partial charge is 0.493 e. The predicted molar refractivity (Wildman–Crippen MR) is 154 cm³/mol. The lowest BCUT2D eigenvalue weighted by molar-refractivity contribution is -0.384. The van der Waals surface area contributed by atoms with Crippen LogP contribution in [0.2, 0.25) is 0 Å². The van der Waals surface area contributed by atoms with E-state index >= 15 is 0 Å². The molecule has 0 unspecified atom stereocenters. The molecule has 0 bridgehead atoms. The summed E-state index contributed by atoms with van der Waals surface area (Å²) in [5, 5.41) is 13.0. The van der Waals surface area contributed by atoms with Gasteiger partial charge in [-0.05, 0) is 60.5 Å². The smallest absolute Gasteiger partial charge is 0.269 e. The number of nitro benzene ring substituents is 1. The molecule has 3 aromatic rings. The Bertz CT molecular complexity index is 1420. The van der Waals surface area contributed by atoms with Crippen molar-refractivity contribution < 1.29 is 32.3 Å². The van der Waals surface area contributed by atoms with Crippen LogP contribution in [0, 0.1) is 10.1 Å². The number of nitro groups is 1. The maximum Gasteiger partial charge on any atom is 0.269 e. The van der Waals surface area contributed by atoms with E-state index in [1.807, 2.05) is 29.6 Å². The lowest BCUT2D eigenvalue weighted by atomic mass is 10.1. The molecule has 1 aliphatic heterocycles. The van der Waals surface area contributed by atoms with Crippen molar-refractivity contribution in [2.24, 2.45) is 0 Å². The van der Waals surface area contributed by atoms with Gasteiger partial charge in [-0.3, -0.25) is 14.9 Å². The molecular weight excluding hydrogens is 570 g/mol. The summed E-state index contributed by atoms with van der Waals surface area (Å²) >= 11 is 1.52. The summed E-state index contributed by atoms with van der Waals surface area (Å²) in [4.78, 5) is 26.7. The van der Waals surface area contributed by atoms with Crippen LogP contribution in [0.1, 0.15) is 23.3 Å². The van der Waals surface area contributed by atoms with Crippen molar-refractivity contribution in [2.75, 3.05) is 40.5 Å². The number of sulfonamides is 1. The molecule has 11 nitrogen and oxygen atoms in total. The summed E-state index contributed by atoms with van der Waals surface area (Å²) in [6.45, 7) is 0.816. The van der Waals surface area contributed by atoms with E-state index in [9.17, 15) is 23.3 Å². The highest BCUT2D eigenvalue weighted by molar-refractivity contribution is 7.89. The Morgan fingerprint density at radius 3 is 2.49 bits per heavy atom. The summed E-state index contributed by atoms with van der Waals surface area (Å²) in [5.41, 5.74) is 0.712. The quantitative estimate of drug-likeness (QED) is 0.199. The molecule has 2 heterocycles. The van der Waals surface area contributed by atoms with Crippen molar-refractivity contribution in [1.29, 1.82) is 0 Å². The maximum atomic E-state index is 13.8. The number of hydrogen-bond donors (Lipinski definition) is 0. The topological polar surface area (TPSA) is 129 Å². The summed E-state index contributed by atoms with van der Waals surface area (Å²) < 4.78 is 44.9. The second-order valence-electron chi connectivity index (χ2n) is 9.52. The molecule has 0 saturated carbocycles. The van der Waals surface area contributed by atoms with E-state index in [-0.39, 0.29) is 29.1 Å². The highest BCUT2D eigenvalue weighted by atomic mass is 32.2. The molecule has 1 amide bonds. The van der Waals surface area contributed by atoms with E-state index in [1.54, 1.807) is 25.2 Å². The molecule has 1 aliphatic rings. The number of carbonyl (C=O) groups is 1. The molecule has 0 N–H and O–H groups in total. The molecule has 13 heteroatoms. The Morgan fingerprint density at radius 2 is 1.88 bits per heavy atom. The number of hydrogen-bond acceptors (Lipinski definition) is 9. The van der Waals surface area contributed by atoms with E-state index in [1.165, 1.54) is 23.5 Å². The van der Waals surface area contributed by atoms with Crippen molar-refractivity contribution in [2.45, 2.75) is 36.8 Å². The van der Waals surface area contributed by atoms with Crippen molar-refractivity contribution in [1.82, 2.24) is 9.21 Å². The molecule has 1 fully saturated rings. The number of ether oxygens (including phenoxy) is 3. The monoisotopic (exact) mass is 603 g/mol. The van der Waals surface area contributed by atoms with Crippen molar-refractivity contribution in [3.63, 3.8) is 0 Å².